The van der Waals surface area contributed by atoms with E-state index in [1.807, 2.05) is 0 Å². The van der Waals surface area contributed by atoms with Crippen LogP contribution in [-0.4, -0.2) is 34.9 Å². The number of carboxylic acid groups (broad SMARTS) is 1. The first-order valence-corrected chi connectivity index (χ1v) is 5.49. The van der Waals surface area contributed by atoms with Gasteiger partial charge in [0.05, 0.1) is 6.61 Å². The number of carbonyl (C=O) groups is 2. The number of amides is 2. The number of carbonyl (C=O) groups excluding carboxylic acids is 1. The first-order chi connectivity index (χ1) is 8.45. The van der Waals surface area contributed by atoms with Crippen LogP contribution in [0.3, 0.4) is 0 Å². The molecule has 0 fully saturated rings. The van der Waals surface area contributed by atoms with Crippen molar-refractivity contribution < 1.29 is 19.8 Å². The molecule has 1 aromatic carbocycles. The zero-order valence-electron chi connectivity index (χ0n) is 9.61. The smallest absolute Gasteiger partial charge is 0.328 e. The number of carboxylic acids is 1. The Hall–Kier alpha value is -1.79. The zero-order valence-corrected chi connectivity index (χ0v) is 10.4. The minimum Gasteiger partial charge on any atom is -0.480 e. The molecular weight excluding hydrogens is 260 g/mol. The molecule has 18 heavy (non-hydrogen) atoms. The first kappa shape index (κ1) is 14.3. The number of benzene rings is 1. The maximum absolute atomic E-state index is 11.5. The summed E-state index contributed by atoms with van der Waals surface area (Å²) in [6, 6.07) is 2.90. The molecule has 0 aliphatic heterocycles. The van der Waals surface area contributed by atoms with Gasteiger partial charge in [0.15, 0.2) is 6.04 Å². The fourth-order valence-electron chi connectivity index (χ4n) is 1.25. The van der Waals surface area contributed by atoms with Gasteiger partial charge in [-0.1, -0.05) is 17.7 Å². The molecule has 98 valence electrons. The lowest BCUT2D eigenvalue weighted by atomic mass is 10.2. The highest BCUT2D eigenvalue weighted by molar-refractivity contribution is 6.31. The third-order valence-corrected chi connectivity index (χ3v) is 2.71. The molecule has 0 saturated heterocycles. The lowest BCUT2D eigenvalue weighted by molar-refractivity contribution is -0.140. The minimum atomic E-state index is -1.34. The normalized spacial score (nSPS) is 11.7. The van der Waals surface area contributed by atoms with Crippen LogP contribution in [-0.2, 0) is 4.79 Å². The number of anilines is 1. The summed E-state index contributed by atoms with van der Waals surface area (Å²) in [6.07, 6.45) is 0. The summed E-state index contributed by atoms with van der Waals surface area (Å²) < 4.78 is 0. The highest BCUT2D eigenvalue weighted by Crippen LogP contribution is 2.22. The summed E-state index contributed by atoms with van der Waals surface area (Å²) in [5, 5.41) is 22.5. The van der Waals surface area contributed by atoms with E-state index in [4.69, 9.17) is 21.8 Å². The fourth-order valence-corrected chi connectivity index (χ4v) is 1.42. The molecule has 7 heteroatoms. The minimum absolute atomic E-state index is 0.474. The van der Waals surface area contributed by atoms with Gasteiger partial charge in [-0.05, 0) is 24.6 Å². The van der Waals surface area contributed by atoms with Crippen LogP contribution in [0, 0.1) is 6.92 Å². The van der Waals surface area contributed by atoms with Crippen LogP contribution in [0.25, 0.3) is 0 Å². The van der Waals surface area contributed by atoms with Crippen molar-refractivity contribution in [1.82, 2.24) is 5.32 Å². The van der Waals surface area contributed by atoms with Crippen LogP contribution in [0.1, 0.15) is 5.56 Å². The van der Waals surface area contributed by atoms with Gasteiger partial charge in [0.1, 0.15) is 0 Å². The van der Waals surface area contributed by atoms with Gasteiger partial charge in [-0.25, -0.2) is 9.59 Å². The highest BCUT2D eigenvalue weighted by atomic mass is 35.5. The van der Waals surface area contributed by atoms with E-state index in [-0.39, 0.29) is 0 Å². The average molecular weight is 273 g/mol. The SMILES string of the molecule is Cc1c(Cl)cccc1NC(=O)N[C@H](CO)C(=O)O. The Morgan fingerprint density at radius 2 is 2.11 bits per heavy atom. The van der Waals surface area contributed by atoms with Crippen LogP contribution in [0.5, 0.6) is 0 Å². The predicted octanol–water partition coefficient (Wildman–Crippen LogP) is 1.22. The van der Waals surface area contributed by atoms with Crippen molar-refractivity contribution in [2.45, 2.75) is 13.0 Å². The average Bonchev–Trinajstić information content (AvgIpc) is 2.31. The van der Waals surface area contributed by atoms with Crippen LogP contribution in [0.2, 0.25) is 5.02 Å². The topological polar surface area (TPSA) is 98.7 Å². The van der Waals surface area contributed by atoms with Crippen molar-refractivity contribution in [3.8, 4) is 0 Å². The van der Waals surface area contributed by atoms with Crippen LogP contribution < -0.4 is 10.6 Å². The maximum atomic E-state index is 11.5. The summed E-state index contributed by atoms with van der Waals surface area (Å²) in [7, 11) is 0. The van der Waals surface area contributed by atoms with E-state index in [0.717, 1.165) is 0 Å². The van der Waals surface area contributed by atoms with E-state index in [1.165, 1.54) is 0 Å². The zero-order chi connectivity index (χ0) is 13.7. The van der Waals surface area contributed by atoms with Crippen molar-refractivity contribution in [2.75, 3.05) is 11.9 Å². The van der Waals surface area contributed by atoms with Gasteiger partial charge < -0.3 is 20.8 Å². The predicted molar refractivity (Wildman–Crippen MR) is 66.9 cm³/mol. The quantitative estimate of drug-likeness (QED) is 0.662. The molecule has 0 aromatic heterocycles. The molecule has 0 saturated carbocycles. The Morgan fingerprint density at radius 3 is 2.67 bits per heavy atom. The molecule has 0 heterocycles. The maximum Gasteiger partial charge on any atom is 0.328 e. The van der Waals surface area contributed by atoms with Gasteiger partial charge in [0.2, 0.25) is 0 Å². The molecule has 4 N–H and O–H groups in total. The summed E-state index contributed by atoms with van der Waals surface area (Å²) in [5.41, 5.74) is 1.15. The Labute approximate surface area is 109 Å². The van der Waals surface area contributed by atoms with Gasteiger partial charge in [0, 0.05) is 10.7 Å². The van der Waals surface area contributed by atoms with Crippen LogP contribution in [0.4, 0.5) is 10.5 Å². The summed E-state index contributed by atoms with van der Waals surface area (Å²) in [4.78, 5) is 22.1. The van der Waals surface area contributed by atoms with Crippen LogP contribution in [0.15, 0.2) is 18.2 Å². The molecule has 0 radical (unpaired) electrons. The number of rotatable bonds is 4. The second-order valence-corrected chi connectivity index (χ2v) is 3.99. The molecule has 0 bridgehead atoms. The van der Waals surface area contributed by atoms with E-state index in [1.54, 1.807) is 25.1 Å². The van der Waals surface area contributed by atoms with Gasteiger partial charge in [0.25, 0.3) is 0 Å². The molecule has 0 spiro atoms. The van der Waals surface area contributed by atoms with E-state index in [9.17, 15) is 9.59 Å². The van der Waals surface area contributed by atoms with Crippen molar-refractivity contribution >= 4 is 29.3 Å². The third kappa shape index (κ3) is 3.61. The standard InChI is InChI=1S/C11H13ClN2O4/c1-6-7(12)3-2-4-8(6)13-11(18)14-9(5-15)10(16)17/h2-4,9,15H,5H2,1H3,(H,16,17)(H2,13,14,18)/t9-/m1/s1. The number of nitrogens with one attached hydrogen (secondary N) is 2. The monoisotopic (exact) mass is 272 g/mol. The fraction of sp³-hybridized carbons (Fsp3) is 0.273. The number of aliphatic hydroxyl groups excluding tert-OH is 1. The Balaban J connectivity index is 2.70. The second kappa shape index (κ2) is 6.23. The summed E-state index contributed by atoms with van der Waals surface area (Å²) in [5.74, 6) is -1.31. The number of aliphatic hydroxyl groups is 1. The molecular formula is C11H13ClN2O4. The largest absolute Gasteiger partial charge is 0.480 e. The molecule has 6 nitrogen and oxygen atoms in total. The number of hydrogen-bond acceptors (Lipinski definition) is 3. The van der Waals surface area contributed by atoms with Gasteiger partial charge in [-0.15, -0.1) is 0 Å². The van der Waals surface area contributed by atoms with E-state index < -0.39 is 24.6 Å². The molecule has 0 unspecified atom stereocenters. The highest BCUT2D eigenvalue weighted by Gasteiger charge is 2.18. The van der Waals surface area contributed by atoms with E-state index in [0.29, 0.717) is 16.3 Å². The summed E-state index contributed by atoms with van der Waals surface area (Å²) >= 11 is 5.87. The Bertz CT molecular complexity index is 464. The van der Waals surface area contributed by atoms with E-state index in [2.05, 4.69) is 10.6 Å². The molecule has 2 amide bonds. The number of urea groups is 1. The Morgan fingerprint density at radius 1 is 1.44 bits per heavy atom. The molecule has 1 atom stereocenters. The van der Waals surface area contributed by atoms with Gasteiger partial charge in [-0.3, -0.25) is 0 Å². The molecule has 1 aromatic rings. The van der Waals surface area contributed by atoms with Gasteiger partial charge in [-0.2, -0.15) is 0 Å². The third-order valence-electron chi connectivity index (χ3n) is 2.30. The van der Waals surface area contributed by atoms with Crippen LogP contribution >= 0.6 is 11.6 Å². The number of aliphatic carboxylic acids is 1. The van der Waals surface area contributed by atoms with Crippen molar-refractivity contribution in [3.05, 3.63) is 28.8 Å². The second-order valence-electron chi connectivity index (χ2n) is 3.58. The number of halogens is 1. The number of hydrogen-bond donors (Lipinski definition) is 4. The lowest BCUT2D eigenvalue weighted by Crippen LogP contribution is -2.45. The Kier molecular flexibility index (Phi) is 4.94. The first-order valence-electron chi connectivity index (χ1n) is 5.12. The van der Waals surface area contributed by atoms with Crippen molar-refractivity contribution in [1.29, 1.82) is 0 Å². The van der Waals surface area contributed by atoms with Gasteiger partial charge >= 0.3 is 12.0 Å². The van der Waals surface area contributed by atoms with E-state index >= 15 is 0 Å². The molecule has 1 rings (SSSR count). The molecule has 0 aliphatic carbocycles. The molecule has 0 aliphatic rings. The summed E-state index contributed by atoms with van der Waals surface area (Å²) in [6.45, 7) is 1.04. The van der Waals surface area contributed by atoms with Crippen molar-refractivity contribution in [2.24, 2.45) is 0 Å². The lowest BCUT2D eigenvalue weighted by Gasteiger charge is -2.14. The van der Waals surface area contributed by atoms with Crippen molar-refractivity contribution in [3.63, 3.8) is 0 Å².